The van der Waals surface area contributed by atoms with Crippen molar-refractivity contribution >= 4 is 27.3 Å². The first kappa shape index (κ1) is 9.19. The maximum atomic E-state index is 9.33. The monoisotopic (exact) mass is 235 g/mol. The van der Waals surface area contributed by atoms with E-state index < -0.39 is 6.10 Å². The molecule has 0 unspecified atom stereocenters. The molecule has 1 aromatic rings. The third kappa shape index (κ3) is 2.02. The molecule has 0 bridgehead atoms. The second-order valence-electron chi connectivity index (χ2n) is 2.30. The second-order valence-corrected chi connectivity index (χ2v) is 4.45. The molecule has 2 nitrogen and oxygen atoms in total. The number of hydrogen-bond donors (Lipinski definition) is 2. The average molecular weight is 236 g/mol. The Morgan fingerprint density at radius 2 is 2.45 bits per heavy atom. The molecule has 1 heterocycles. The fraction of sp³-hybridized carbons (Fsp3) is 0.429. The molecule has 0 aliphatic rings. The van der Waals surface area contributed by atoms with E-state index in [1.165, 1.54) is 4.88 Å². The van der Waals surface area contributed by atoms with Crippen molar-refractivity contribution in [2.24, 2.45) is 5.73 Å². The van der Waals surface area contributed by atoms with E-state index in [1.54, 1.807) is 11.3 Å². The lowest BCUT2D eigenvalue weighted by Gasteiger charge is -2.01. The summed E-state index contributed by atoms with van der Waals surface area (Å²) in [5, 5.41) is 9.33. The fourth-order valence-corrected chi connectivity index (χ4v) is 2.32. The molecule has 0 radical (unpaired) electrons. The second kappa shape index (κ2) is 3.67. The van der Waals surface area contributed by atoms with Gasteiger partial charge in [-0.3, -0.25) is 0 Å². The van der Waals surface area contributed by atoms with Gasteiger partial charge in [0.2, 0.25) is 0 Å². The van der Waals surface area contributed by atoms with Crippen LogP contribution in [0.4, 0.5) is 0 Å². The molecule has 4 heteroatoms. The maximum absolute atomic E-state index is 9.33. The summed E-state index contributed by atoms with van der Waals surface area (Å²) in [6, 6.07) is 1.91. The molecular weight excluding hydrogens is 226 g/mol. The van der Waals surface area contributed by atoms with E-state index in [0.29, 0.717) is 0 Å². The van der Waals surface area contributed by atoms with Crippen LogP contribution in [-0.2, 0) is 0 Å². The Morgan fingerprint density at radius 1 is 1.82 bits per heavy atom. The lowest BCUT2D eigenvalue weighted by atomic mass is 10.3. The highest BCUT2D eigenvalue weighted by molar-refractivity contribution is 9.10. The largest absolute Gasteiger partial charge is 0.386 e. The quantitative estimate of drug-likeness (QED) is 0.822. The highest BCUT2D eigenvalue weighted by Crippen LogP contribution is 2.29. The molecule has 0 fully saturated rings. The Bertz CT molecular complexity index is 229. The first-order valence-electron chi connectivity index (χ1n) is 3.29. The van der Waals surface area contributed by atoms with E-state index in [9.17, 15) is 5.11 Å². The molecule has 0 saturated carbocycles. The number of nitrogens with two attached hydrogens (primary N) is 1. The van der Waals surface area contributed by atoms with E-state index in [1.807, 2.05) is 13.0 Å². The van der Waals surface area contributed by atoms with Crippen molar-refractivity contribution < 1.29 is 5.11 Å². The third-order valence-corrected chi connectivity index (χ3v) is 3.67. The van der Waals surface area contributed by atoms with Crippen LogP contribution < -0.4 is 5.73 Å². The van der Waals surface area contributed by atoms with E-state index in [0.717, 1.165) is 9.35 Å². The first-order chi connectivity index (χ1) is 5.15. The van der Waals surface area contributed by atoms with Crippen LogP contribution >= 0.6 is 27.3 Å². The summed E-state index contributed by atoms with van der Waals surface area (Å²) in [6.07, 6.45) is -0.509. The molecule has 0 saturated heterocycles. The predicted octanol–water partition coefficient (Wildman–Crippen LogP) is 1.81. The van der Waals surface area contributed by atoms with Crippen LogP contribution in [-0.4, -0.2) is 11.7 Å². The highest BCUT2D eigenvalue weighted by atomic mass is 79.9. The molecule has 0 aliphatic carbocycles. The third-order valence-electron chi connectivity index (χ3n) is 1.43. The van der Waals surface area contributed by atoms with Gasteiger partial charge in [0.15, 0.2) is 0 Å². The minimum Gasteiger partial charge on any atom is -0.386 e. The number of rotatable bonds is 2. The van der Waals surface area contributed by atoms with Crippen molar-refractivity contribution in [3.05, 3.63) is 20.3 Å². The van der Waals surface area contributed by atoms with Gasteiger partial charge in [0.05, 0.1) is 0 Å². The van der Waals surface area contributed by atoms with Gasteiger partial charge in [0.25, 0.3) is 0 Å². The molecular formula is C7H10BrNOS. The SMILES string of the molecule is Cc1sc([C@H](O)CN)cc1Br. The number of aliphatic hydroxyl groups is 1. The topological polar surface area (TPSA) is 46.2 Å². The van der Waals surface area contributed by atoms with Crippen LogP contribution in [0.1, 0.15) is 15.9 Å². The minimum absolute atomic E-state index is 0.284. The highest BCUT2D eigenvalue weighted by Gasteiger charge is 2.09. The summed E-state index contributed by atoms with van der Waals surface area (Å²) in [4.78, 5) is 2.10. The van der Waals surface area contributed by atoms with Gasteiger partial charge in [-0.15, -0.1) is 11.3 Å². The van der Waals surface area contributed by atoms with Crippen molar-refractivity contribution in [1.82, 2.24) is 0 Å². The summed E-state index contributed by atoms with van der Waals surface area (Å²) < 4.78 is 1.05. The number of hydrogen-bond acceptors (Lipinski definition) is 3. The summed E-state index contributed by atoms with van der Waals surface area (Å²) in [5.74, 6) is 0. The number of aliphatic hydroxyl groups excluding tert-OH is 1. The van der Waals surface area contributed by atoms with Crippen molar-refractivity contribution in [2.75, 3.05) is 6.54 Å². The lowest BCUT2D eigenvalue weighted by Crippen LogP contribution is -2.09. The van der Waals surface area contributed by atoms with Crippen LogP contribution in [0.15, 0.2) is 10.5 Å². The zero-order valence-electron chi connectivity index (χ0n) is 6.17. The molecule has 0 aromatic carbocycles. The van der Waals surface area contributed by atoms with Gasteiger partial charge in [-0.05, 0) is 28.9 Å². The Hall–Kier alpha value is 0.100. The van der Waals surface area contributed by atoms with Gasteiger partial charge >= 0.3 is 0 Å². The van der Waals surface area contributed by atoms with Gasteiger partial charge in [0.1, 0.15) is 6.10 Å². The Labute approximate surface area is 78.2 Å². The van der Waals surface area contributed by atoms with Crippen molar-refractivity contribution in [3.8, 4) is 0 Å². The van der Waals surface area contributed by atoms with E-state index >= 15 is 0 Å². The Balaban J connectivity index is 2.88. The van der Waals surface area contributed by atoms with Crippen molar-refractivity contribution in [1.29, 1.82) is 0 Å². The van der Waals surface area contributed by atoms with Crippen LogP contribution in [0.3, 0.4) is 0 Å². The summed E-state index contributed by atoms with van der Waals surface area (Å²) in [5.41, 5.74) is 5.30. The van der Waals surface area contributed by atoms with E-state index in [2.05, 4.69) is 15.9 Å². The van der Waals surface area contributed by atoms with Crippen LogP contribution in [0, 0.1) is 6.92 Å². The number of halogens is 1. The van der Waals surface area contributed by atoms with Gasteiger partial charge < -0.3 is 10.8 Å². The zero-order chi connectivity index (χ0) is 8.43. The molecule has 1 rings (SSSR count). The minimum atomic E-state index is -0.509. The predicted molar refractivity (Wildman–Crippen MR) is 50.8 cm³/mol. The summed E-state index contributed by atoms with van der Waals surface area (Å²) >= 11 is 4.94. The van der Waals surface area contributed by atoms with E-state index in [4.69, 9.17) is 5.73 Å². The summed E-state index contributed by atoms with van der Waals surface area (Å²) in [6.45, 7) is 2.29. The first-order valence-corrected chi connectivity index (χ1v) is 4.90. The lowest BCUT2D eigenvalue weighted by molar-refractivity contribution is 0.190. The van der Waals surface area contributed by atoms with Gasteiger partial charge in [-0.25, -0.2) is 0 Å². The van der Waals surface area contributed by atoms with Crippen LogP contribution in [0.25, 0.3) is 0 Å². The van der Waals surface area contributed by atoms with Crippen molar-refractivity contribution in [3.63, 3.8) is 0 Å². The molecule has 11 heavy (non-hydrogen) atoms. The van der Waals surface area contributed by atoms with Gasteiger partial charge in [-0.2, -0.15) is 0 Å². The normalized spacial score (nSPS) is 13.5. The zero-order valence-corrected chi connectivity index (χ0v) is 8.58. The average Bonchev–Trinajstić information content (AvgIpc) is 2.31. The number of aryl methyl sites for hydroxylation is 1. The van der Waals surface area contributed by atoms with Crippen LogP contribution in [0.2, 0.25) is 0 Å². The fourth-order valence-electron chi connectivity index (χ4n) is 0.762. The molecule has 62 valence electrons. The summed E-state index contributed by atoms with van der Waals surface area (Å²) in [7, 11) is 0. The molecule has 0 spiro atoms. The number of thiophene rings is 1. The smallest absolute Gasteiger partial charge is 0.100 e. The Morgan fingerprint density at radius 3 is 2.82 bits per heavy atom. The van der Waals surface area contributed by atoms with Crippen LogP contribution in [0.5, 0.6) is 0 Å². The molecule has 1 atom stereocenters. The van der Waals surface area contributed by atoms with Gasteiger partial charge in [0, 0.05) is 20.8 Å². The molecule has 3 N–H and O–H groups in total. The molecule has 0 amide bonds. The Kier molecular flexibility index (Phi) is 3.06. The van der Waals surface area contributed by atoms with Gasteiger partial charge in [-0.1, -0.05) is 0 Å². The molecule has 1 aromatic heterocycles. The standard InChI is InChI=1S/C7H10BrNOS/c1-4-5(8)2-7(11-4)6(10)3-9/h2,6,10H,3,9H2,1H3/t6-/m1/s1. The van der Waals surface area contributed by atoms with E-state index in [-0.39, 0.29) is 6.54 Å². The maximum Gasteiger partial charge on any atom is 0.100 e. The van der Waals surface area contributed by atoms with Crippen molar-refractivity contribution in [2.45, 2.75) is 13.0 Å². The molecule has 0 aliphatic heterocycles.